The lowest BCUT2D eigenvalue weighted by Gasteiger charge is -2.20. The minimum absolute atomic E-state index is 0.0989. The van der Waals surface area contributed by atoms with Gasteiger partial charge in [-0.2, -0.15) is 0 Å². The molecule has 0 aliphatic carbocycles. The van der Waals surface area contributed by atoms with Gasteiger partial charge in [0.15, 0.2) is 6.29 Å². The summed E-state index contributed by atoms with van der Waals surface area (Å²) in [5, 5.41) is 2.44. The lowest BCUT2D eigenvalue weighted by molar-refractivity contribution is -0.143. The monoisotopic (exact) mass is 298 g/mol. The fraction of sp³-hybridized carbons (Fsp3) is 0.538. The van der Waals surface area contributed by atoms with Crippen LogP contribution in [-0.4, -0.2) is 61.0 Å². The fourth-order valence-corrected chi connectivity index (χ4v) is 1.68. The maximum atomic E-state index is 11.5. The zero-order valence-corrected chi connectivity index (χ0v) is 12.1. The van der Waals surface area contributed by atoms with E-state index in [4.69, 9.17) is 9.47 Å². The first-order valence-corrected chi connectivity index (χ1v) is 6.33. The molecule has 0 spiro atoms. The zero-order chi connectivity index (χ0) is 16.0. The number of aldehydes is 1. The van der Waals surface area contributed by atoms with E-state index in [1.54, 1.807) is 13.8 Å². The van der Waals surface area contributed by atoms with E-state index in [1.807, 2.05) is 0 Å². The van der Waals surface area contributed by atoms with Gasteiger partial charge in [0.25, 0.3) is 0 Å². The molecule has 0 radical (unpaired) electrons. The molecule has 21 heavy (non-hydrogen) atoms. The largest absolute Gasteiger partial charge is 0.460 e. The van der Waals surface area contributed by atoms with E-state index >= 15 is 0 Å². The molecule has 0 aromatic rings. The number of amides is 2. The van der Waals surface area contributed by atoms with Crippen molar-refractivity contribution in [1.29, 1.82) is 0 Å². The number of likely N-dealkylation sites (N-methyl/N-ethyl adjacent to an activating group) is 1. The smallest absolute Gasteiger partial charge is 0.331 e. The average molecular weight is 298 g/mol. The summed E-state index contributed by atoms with van der Waals surface area (Å²) in [6, 6.07) is -0.422. The molecule has 2 amide bonds. The van der Waals surface area contributed by atoms with Crippen molar-refractivity contribution in [2.45, 2.75) is 25.5 Å². The zero-order valence-electron chi connectivity index (χ0n) is 12.1. The number of hydrogen-bond acceptors (Lipinski definition) is 6. The van der Waals surface area contributed by atoms with Crippen LogP contribution in [0.1, 0.15) is 13.8 Å². The number of esters is 2. The molecule has 0 bridgehead atoms. The Hall–Kier alpha value is -2.38. The third-order valence-corrected chi connectivity index (χ3v) is 2.63. The van der Waals surface area contributed by atoms with Gasteiger partial charge in [-0.1, -0.05) is 0 Å². The summed E-state index contributed by atoms with van der Waals surface area (Å²) in [6.07, 6.45) is 2.08. The van der Waals surface area contributed by atoms with Crippen molar-refractivity contribution in [1.82, 2.24) is 10.2 Å². The Kier molecular flexibility index (Phi) is 5.45. The van der Waals surface area contributed by atoms with Crippen molar-refractivity contribution in [3.05, 3.63) is 12.2 Å². The molecule has 1 aliphatic rings. The SMILES string of the molecule is CC(C)OC(=O)/C=C/C(=O)OCC1(C=O)CN(C)C(=O)N1. The van der Waals surface area contributed by atoms with Gasteiger partial charge in [-0.3, -0.25) is 0 Å². The third kappa shape index (κ3) is 4.90. The molecule has 1 atom stereocenters. The Labute approximate surface area is 122 Å². The Balaban J connectivity index is 2.49. The van der Waals surface area contributed by atoms with Gasteiger partial charge in [0.2, 0.25) is 0 Å². The standard InChI is InChI=1S/C13H18N2O6/c1-9(2)21-11(18)5-4-10(17)20-8-13(7-16)6-15(3)12(19)14-13/h4-5,7,9H,6,8H2,1-3H3,(H,14,19)/b5-4+. The predicted molar refractivity (Wildman–Crippen MR) is 71.3 cm³/mol. The predicted octanol–water partition coefficient (Wildman–Crippen LogP) is -0.370. The highest BCUT2D eigenvalue weighted by Crippen LogP contribution is 2.12. The number of carbonyl (C=O) groups excluding carboxylic acids is 4. The minimum Gasteiger partial charge on any atom is -0.460 e. The molecule has 0 aromatic carbocycles. The van der Waals surface area contributed by atoms with E-state index in [2.05, 4.69) is 5.32 Å². The summed E-state index contributed by atoms with van der Waals surface area (Å²) in [6.45, 7) is 3.14. The molecule has 0 aromatic heterocycles. The average Bonchev–Trinajstić information content (AvgIpc) is 2.69. The van der Waals surface area contributed by atoms with Gasteiger partial charge in [0, 0.05) is 19.2 Å². The van der Waals surface area contributed by atoms with Crippen molar-refractivity contribution in [3.63, 3.8) is 0 Å². The summed E-state index contributed by atoms with van der Waals surface area (Å²) in [4.78, 5) is 46.4. The maximum Gasteiger partial charge on any atom is 0.331 e. The van der Waals surface area contributed by atoms with Crippen LogP contribution in [0, 0.1) is 0 Å². The lowest BCUT2D eigenvalue weighted by Crippen LogP contribution is -2.49. The van der Waals surface area contributed by atoms with Crippen molar-refractivity contribution in [2.24, 2.45) is 0 Å². The minimum atomic E-state index is -1.26. The van der Waals surface area contributed by atoms with Crippen LogP contribution in [0.15, 0.2) is 12.2 Å². The number of urea groups is 1. The summed E-state index contributed by atoms with van der Waals surface area (Å²) < 4.78 is 9.66. The summed E-state index contributed by atoms with van der Waals surface area (Å²) in [7, 11) is 1.52. The molecule has 1 saturated heterocycles. The van der Waals surface area contributed by atoms with E-state index in [1.165, 1.54) is 11.9 Å². The first kappa shape index (κ1) is 16.7. The highest BCUT2D eigenvalue weighted by molar-refractivity contribution is 5.92. The van der Waals surface area contributed by atoms with Crippen LogP contribution in [0.5, 0.6) is 0 Å². The Morgan fingerprint density at radius 2 is 2.00 bits per heavy atom. The maximum absolute atomic E-state index is 11.5. The molecule has 8 nitrogen and oxygen atoms in total. The van der Waals surface area contributed by atoms with Crippen LogP contribution in [0.3, 0.4) is 0 Å². The van der Waals surface area contributed by atoms with Crippen LogP contribution in [0.4, 0.5) is 4.79 Å². The molecule has 1 unspecified atom stereocenters. The number of rotatable bonds is 6. The Bertz CT molecular complexity index is 473. The van der Waals surface area contributed by atoms with Crippen molar-refractivity contribution >= 4 is 24.3 Å². The highest BCUT2D eigenvalue weighted by Gasteiger charge is 2.42. The van der Waals surface area contributed by atoms with Crippen molar-refractivity contribution < 1.29 is 28.7 Å². The molecule has 0 saturated carbocycles. The molecular formula is C13H18N2O6. The third-order valence-electron chi connectivity index (χ3n) is 2.63. The van der Waals surface area contributed by atoms with Crippen LogP contribution in [0.25, 0.3) is 0 Å². The molecule has 1 rings (SSSR count). The first-order valence-electron chi connectivity index (χ1n) is 6.33. The first-order chi connectivity index (χ1) is 9.78. The second-order valence-corrected chi connectivity index (χ2v) is 4.99. The van der Waals surface area contributed by atoms with E-state index in [9.17, 15) is 19.2 Å². The quantitative estimate of drug-likeness (QED) is 0.408. The number of ether oxygens (including phenoxy) is 2. The molecule has 116 valence electrons. The lowest BCUT2D eigenvalue weighted by atomic mass is 10.1. The highest BCUT2D eigenvalue weighted by atomic mass is 16.5. The normalized spacial score (nSPS) is 21.5. The van der Waals surface area contributed by atoms with Crippen molar-refractivity contribution in [2.75, 3.05) is 20.2 Å². The Morgan fingerprint density at radius 1 is 1.38 bits per heavy atom. The van der Waals surface area contributed by atoms with E-state index in [0.29, 0.717) is 6.29 Å². The van der Waals surface area contributed by atoms with Crippen LogP contribution in [-0.2, 0) is 23.9 Å². The number of carbonyl (C=O) groups is 4. The van der Waals surface area contributed by atoms with E-state index in [0.717, 1.165) is 12.2 Å². The molecular weight excluding hydrogens is 280 g/mol. The van der Waals surface area contributed by atoms with Gasteiger partial charge < -0.3 is 24.5 Å². The van der Waals surface area contributed by atoms with Gasteiger partial charge >= 0.3 is 18.0 Å². The molecule has 1 heterocycles. The summed E-state index contributed by atoms with van der Waals surface area (Å²) >= 11 is 0. The van der Waals surface area contributed by atoms with Crippen LogP contribution >= 0.6 is 0 Å². The number of hydrogen-bond donors (Lipinski definition) is 1. The number of nitrogens with one attached hydrogen (secondary N) is 1. The Morgan fingerprint density at radius 3 is 2.48 bits per heavy atom. The van der Waals surface area contributed by atoms with Gasteiger partial charge in [0.1, 0.15) is 12.1 Å². The van der Waals surface area contributed by atoms with Crippen LogP contribution < -0.4 is 5.32 Å². The number of nitrogens with zero attached hydrogens (tertiary/aromatic N) is 1. The van der Waals surface area contributed by atoms with Crippen molar-refractivity contribution in [3.8, 4) is 0 Å². The van der Waals surface area contributed by atoms with Crippen LogP contribution in [0.2, 0.25) is 0 Å². The van der Waals surface area contributed by atoms with Gasteiger partial charge in [0.05, 0.1) is 12.6 Å². The molecule has 1 fully saturated rings. The van der Waals surface area contributed by atoms with Gasteiger partial charge in [-0.05, 0) is 13.8 Å². The van der Waals surface area contributed by atoms with E-state index < -0.39 is 23.5 Å². The van der Waals surface area contributed by atoms with Gasteiger partial charge in [-0.15, -0.1) is 0 Å². The van der Waals surface area contributed by atoms with E-state index in [-0.39, 0.29) is 19.3 Å². The topological polar surface area (TPSA) is 102 Å². The molecule has 1 N–H and O–H groups in total. The molecule has 1 aliphatic heterocycles. The van der Waals surface area contributed by atoms with Gasteiger partial charge in [-0.25, -0.2) is 14.4 Å². The fourth-order valence-electron chi connectivity index (χ4n) is 1.68. The molecule has 8 heteroatoms. The summed E-state index contributed by atoms with van der Waals surface area (Å²) in [5.41, 5.74) is -1.26. The second-order valence-electron chi connectivity index (χ2n) is 4.99. The summed E-state index contributed by atoms with van der Waals surface area (Å²) in [5.74, 6) is -1.47. The second kappa shape index (κ2) is 6.87.